The molecule has 0 spiro atoms. The van der Waals surface area contributed by atoms with Gasteiger partial charge in [0.2, 0.25) is 5.69 Å². The van der Waals surface area contributed by atoms with Gasteiger partial charge in [-0.1, -0.05) is 67.5 Å². The summed E-state index contributed by atoms with van der Waals surface area (Å²) in [5.41, 5.74) is 9.53. The topological polar surface area (TPSA) is 3.88 Å². The summed E-state index contributed by atoms with van der Waals surface area (Å²) in [6.45, 7) is 21.2. The molecule has 0 amide bonds. The first-order valence-corrected chi connectivity index (χ1v) is 11.9. The first-order chi connectivity index (χ1) is 13.7. The number of rotatable bonds is 3. The van der Waals surface area contributed by atoms with Crippen LogP contribution in [0.3, 0.4) is 0 Å². The second-order valence-corrected chi connectivity index (χ2v) is 12.3. The van der Waals surface area contributed by atoms with Crippen molar-refractivity contribution in [3.05, 3.63) is 52.7 Å². The van der Waals surface area contributed by atoms with E-state index >= 15 is 0 Å². The van der Waals surface area contributed by atoms with E-state index in [4.69, 9.17) is 0 Å². The summed E-state index contributed by atoms with van der Waals surface area (Å²) >= 11 is 0. The molecule has 3 rings (SSSR count). The normalized spacial score (nSPS) is 18.6. The summed E-state index contributed by atoms with van der Waals surface area (Å²) in [5, 5.41) is 0. The van der Waals surface area contributed by atoms with Crippen molar-refractivity contribution in [1.29, 1.82) is 0 Å². The van der Waals surface area contributed by atoms with E-state index in [0.717, 1.165) is 0 Å². The van der Waals surface area contributed by atoms with Crippen LogP contribution in [0.5, 0.6) is 0 Å². The molecule has 164 valence electrons. The highest BCUT2D eigenvalue weighted by molar-refractivity contribution is 5.63. The zero-order valence-corrected chi connectivity index (χ0v) is 21.2. The van der Waals surface area contributed by atoms with Gasteiger partial charge >= 0.3 is 0 Å². The smallest absolute Gasteiger partial charge is 0.201 e. The molecule has 1 aromatic carbocycles. The van der Waals surface area contributed by atoms with Crippen molar-refractivity contribution in [1.82, 2.24) is 0 Å². The van der Waals surface area contributed by atoms with Gasteiger partial charge in [-0.25, -0.2) is 4.57 Å². The van der Waals surface area contributed by atoms with E-state index in [1.54, 1.807) is 5.56 Å². The molecule has 0 atom stereocenters. The average molecular weight is 407 g/mol. The van der Waals surface area contributed by atoms with Crippen LogP contribution in [0.1, 0.15) is 109 Å². The van der Waals surface area contributed by atoms with Gasteiger partial charge < -0.3 is 0 Å². The average Bonchev–Trinajstić information content (AvgIpc) is 2.63. The number of aryl methyl sites for hydroxylation is 2. The van der Waals surface area contributed by atoms with Gasteiger partial charge in [-0.2, -0.15) is 0 Å². The van der Waals surface area contributed by atoms with Gasteiger partial charge in [0.25, 0.3) is 0 Å². The Morgan fingerprint density at radius 1 is 0.933 bits per heavy atom. The van der Waals surface area contributed by atoms with E-state index < -0.39 is 0 Å². The number of nitrogens with zero attached hydrogens (tertiary/aromatic N) is 1. The summed E-state index contributed by atoms with van der Waals surface area (Å²) in [7, 11) is 2.23. The van der Waals surface area contributed by atoms with Gasteiger partial charge in [-0.3, -0.25) is 0 Å². The third kappa shape index (κ3) is 4.51. The number of aromatic nitrogens is 1. The van der Waals surface area contributed by atoms with Crippen molar-refractivity contribution in [2.24, 2.45) is 12.5 Å². The van der Waals surface area contributed by atoms with Crippen LogP contribution >= 0.6 is 0 Å². The van der Waals surface area contributed by atoms with E-state index in [0.29, 0.717) is 11.3 Å². The van der Waals surface area contributed by atoms with Crippen LogP contribution in [-0.2, 0) is 17.9 Å². The minimum atomic E-state index is 0.182. The van der Waals surface area contributed by atoms with E-state index in [9.17, 15) is 0 Å². The maximum Gasteiger partial charge on any atom is 0.212 e. The highest BCUT2D eigenvalue weighted by atomic mass is 14.9. The van der Waals surface area contributed by atoms with Gasteiger partial charge in [0.05, 0.1) is 0 Å². The summed E-state index contributed by atoms with van der Waals surface area (Å²) in [5.74, 6) is 0.529. The Kier molecular flexibility index (Phi) is 6.00. The predicted octanol–water partition coefficient (Wildman–Crippen LogP) is 7.77. The number of benzene rings is 1. The first-order valence-electron chi connectivity index (χ1n) is 11.9. The molecule has 1 saturated carbocycles. The van der Waals surface area contributed by atoms with E-state index in [1.807, 2.05) is 0 Å². The molecule has 1 aliphatic rings. The van der Waals surface area contributed by atoms with Gasteiger partial charge in [-0.05, 0) is 77.5 Å². The van der Waals surface area contributed by atoms with E-state index in [1.165, 1.54) is 53.6 Å². The minimum Gasteiger partial charge on any atom is -0.201 e. The van der Waals surface area contributed by atoms with Crippen LogP contribution in [0, 0.1) is 12.3 Å². The van der Waals surface area contributed by atoms with Gasteiger partial charge in [0.15, 0.2) is 6.20 Å². The number of hydrogen-bond acceptors (Lipinski definition) is 0. The SMILES string of the molecule is Cc1cc(C(C)(C)C)ccc1-c1cc(C(C)C)c(C2(C)CCC(C)(C)CC2)c[n+]1C. The Bertz CT molecular complexity index is 914. The zero-order valence-electron chi connectivity index (χ0n) is 21.2. The van der Waals surface area contributed by atoms with Crippen LogP contribution in [0.2, 0.25) is 0 Å². The van der Waals surface area contributed by atoms with Crippen molar-refractivity contribution in [2.45, 2.75) is 105 Å². The highest BCUT2D eigenvalue weighted by Crippen LogP contribution is 2.48. The molecule has 0 saturated heterocycles. The lowest BCUT2D eigenvalue weighted by molar-refractivity contribution is -0.661. The van der Waals surface area contributed by atoms with Crippen LogP contribution in [0.15, 0.2) is 30.5 Å². The molecule has 0 radical (unpaired) electrons. The molecule has 1 aromatic heterocycles. The fourth-order valence-corrected chi connectivity index (χ4v) is 5.08. The molecule has 30 heavy (non-hydrogen) atoms. The monoisotopic (exact) mass is 406 g/mol. The molecule has 0 bridgehead atoms. The molecule has 0 N–H and O–H groups in total. The summed E-state index contributed by atoms with van der Waals surface area (Å²) < 4.78 is 2.38. The summed E-state index contributed by atoms with van der Waals surface area (Å²) in [4.78, 5) is 0. The third-order valence-electron chi connectivity index (χ3n) is 7.65. The quantitative estimate of drug-likeness (QED) is 0.458. The molecule has 2 aromatic rings. The van der Waals surface area contributed by atoms with Crippen LogP contribution in [0.4, 0.5) is 0 Å². The van der Waals surface area contributed by atoms with E-state index in [-0.39, 0.29) is 10.8 Å². The Labute approximate surface area is 185 Å². The molecular formula is C29H44N+. The fraction of sp³-hybridized carbons (Fsp3) is 0.621. The van der Waals surface area contributed by atoms with Crippen LogP contribution in [0.25, 0.3) is 11.3 Å². The van der Waals surface area contributed by atoms with Gasteiger partial charge in [0.1, 0.15) is 7.05 Å². The molecule has 1 heteroatoms. The van der Waals surface area contributed by atoms with Crippen molar-refractivity contribution >= 4 is 0 Å². The molecule has 1 aliphatic carbocycles. The largest absolute Gasteiger partial charge is 0.212 e. The van der Waals surface area contributed by atoms with Crippen molar-refractivity contribution in [3.8, 4) is 11.3 Å². The fourth-order valence-electron chi connectivity index (χ4n) is 5.08. The lowest BCUT2D eigenvalue weighted by atomic mass is 9.62. The van der Waals surface area contributed by atoms with Crippen molar-refractivity contribution in [2.75, 3.05) is 0 Å². The maximum atomic E-state index is 2.51. The molecule has 1 heterocycles. The molecule has 1 fully saturated rings. The lowest BCUT2D eigenvalue weighted by Crippen LogP contribution is -2.38. The number of pyridine rings is 1. The Hall–Kier alpha value is -1.63. The van der Waals surface area contributed by atoms with Crippen molar-refractivity contribution in [3.63, 3.8) is 0 Å². The Morgan fingerprint density at radius 2 is 1.53 bits per heavy atom. The molecule has 1 nitrogen and oxygen atoms in total. The second kappa shape index (κ2) is 7.81. The third-order valence-corrected chi connectivity index (χ3v) is 7.65. The highest BCUT2D eigenvalue weighted by Gasteiger charge is 2.39. The molecule has 0 aliphatic heterocycles. The Morgan fingerprint density at radius 3 is 2.03 bits per heavy atom. The molecule has 0 unspecified atom stereocenters. The standard InChI is InChI=1S/C29H44N/c1-20(2)24-18-26(23-12-11-22(17-21(23)3)27(4,5)6)30(10)19-25(24)29(9)15-13-28(7,8)14-16-29/h11-12,17-20H,13-16H2,1-10H3/q+1. The second-order valence-electron chi connectivity index (χ2n) is 12.3. The zero-order chi connectivity index (χ0) is 22.5. The van der Waals surface area contributed by atoms with Crippen LogP contribution < -0.4 is 4.57 Å². The minimum absolute atomic E-state index is 0.182. The number of hydrogen-bond donors (Lipinski definition) is 0. The predicted molar refractivity (Wildman–Crippen MR) is 130 cm³/mol. The van der Waals surface area contributed by atoms with Crippen LogP contribution in [-0.4, -0.2) is 0 Å². The summed E-state index contributed by atoms with van der Waals surface area (Å²) in [6, 6.07) is 9.52. The van der Waals surface area contributed by atoms with Gasteiger partial charge in [-0.15, -0.1) is 0 Å². The lowest BCUT2D eigenvalue weighted by Gasteiger charge is -2.42. The van der Waals surface area contributed by atoms with E-state index in [2.05, 4.69) is 104 Å². The van der Waals surface area contributed by atoms with Gasteiger partial charge in [0, 0.05) is 17.2 Å². The Balaban J connectivity index is 2.09. The first kappa shape index (κ1) is 23.0. The summed E-state index contributed by atoms with van der Waals surface area (Å²) in [6.07, 6.45) is 7.68. The molecular weight excluding hydrogens is 362 g/mol. The maximum absolute atomic E-state index is 2.51. The van der Waals surface area contributed by atoms with Crippen molar-refractivity contribution < 1.29 is 4.57 Å².